The molecule has 20 heavy (non-hydrogen) atoms. The topological polar surface area (TPSA) is 35.5 Å². The third kappa shape index (κ3) is 3.31. The molecule has 0 radical (unpaired) electrons. The number of methoxy groups -OCH3 is 1. The number of halogens is 1. The molecule has 4 heteroatoms. The van der Waals surface area contributed by atoms with E-state index < -0.39 is 5.24 Å². The Morgan fingerprint density at radius 3 is 2.55 bits per heavy atom. The molecule has 0 aromatic heterocycles. The molecule has 2 aromatic carbocycles. The third-order valence-corrected chi connectivity index (χ3v) is 3.25. The van der Waals surface area contributed by atoms with Crippen molar-refractivity contribution in [2.75, 3.05) is 7.11 Å². The number of hydrogen-bond acceptors (Lipinski definition) is 3. The van der Waals surface area contributed by atoms with Gasteiger partial charge in [-0.25, -0.2) is 0 Å². The molecule has 0 amide bonds. The van der Waals surface area contributed by atoms with Crippen LogP contribution in [0.2, 0.25) is 0 Å². The Labute approximate surface area is 123 Å². The summed E-state index contributed by atoms with van der Waals surface area (Å²) in [6.07, 6.45) is 0. The molecule has 0 N–H and O–H groups in total. The summed E-state index contributed by atoms with van der Waals surface area (Å²) in [5.74, 6) is 1.07. The van der Waals surface area contributed by atoms with E-state index in [0.29, 0.717) is 23.7 Å². The van der Waals surface area contributed by atoms with E-state index in [-0.39, 0.29) is 0 Å². The Bertz CT molecular complexity index is 623. The highest BCUT2D eigenvalue weighted by atomic mass is 35.5. The van der Waals surface area contributed by atoms with Gasteiger partial charge in [-0.05, 0) is 47.9 Å². The number of ether oxygens (including phenoxy) is 2. The minimum absolute atomic E-state index is 0.382. The molecule has 0 saturated carbocycles. The third-order valence-electron chi connectivity index (χ3n) is 3.04. The largest absolute Gasteiger partial charge is 0.493 e. The quantitative estimate of drug-likeness (QED) is 0.782. The molecule has 0 fully saturated rings. The fourth-order valence-corrected chi connectivity index (χ4v) is 1.96. The van der Waals surface area contributed by atoms with Crippen molar-refractivity contribution in [2.45, 2.75) is 13.5 Å². The lowest BCUT2D eigenvalue weighted by Gasteiger charge is -2.12. The Kier molecular flexibility index (Phi) is 4.64. The standard InChI is InChI=1S/C16H15ClO3/c1-11-5-3-4-6-13(11)10-20-15-9-12(16(17)18)7-8-14(15)19-2/h3-9H,10H2,1-2H3. The first-order chi connectivity index (χ1) is 9.61. The lowest BCUT2D eigenvalue weighted by atomic mass is 10.1. The summed E-state index contributed by atoms with van der Waals surface area (Å²) in [5.41, 5.74) is 2.61. The highest BCUT2D eigenvalue weighted by Crippen LogP contribution is 2.29. The maximum atomic E-state index is 11.2. The summed E-state index contributed by atoms with van der Waals surface area (Å²) in [5, 5.41) is -0.520. The highest BCUT2D eigenvalue weighted by Gasteiger charge is 2.10. The van der Waals surface area contributed by atoms with Gasteiger partial charge in [0.1, 0.15) is 6.61 Å². The van der Waals surface area contributed by atoms with Gasteiger partial charge in [0, 0.05) is 5.56 Å². The maximum Gasteiger partial charge on any atom is 0.252 e. The number of aryl methyl sites for hydroxylation is 1. The second-order valence-corrected chi connectivity index (χ2v) is 4.70. The van der Waals surface area contributed by atoms with Gasteiger partial charge in [-0.15, -0.1) is 0 Å². The fourth-order valence-electron chi connectivity index (χ4n) is 1.84. The molecule has 0 heterocycles. The molecular formula is C16H15ClO3. The lowest BCUT2D eigenvalue weighted by molar-refractivity contribution is 0.108. The summed E-state index contributed by atoms with van der Waals surface area (Å²) in [6.45, 7) is 2.43. The molecule has 2 rings (SSSR count). The molecule has 0 atom stereocenters. The van der Waals surface area contributed by atoms with Crippen LogP contribution in [0.4, 0.5) is 0 Å². The zero-order valence-corrected chi connectivity index (χ0v) is 12.1. The smallest absolute Gasteiger partial charge is 0.252 e. The van der Waals surface area contributed by atoms with Gasteiger partial charge < -0.3 is 9.47 Å². The molecule has 0 spiro atoms. The van der Waals surface area contributed by atoms with Gasteiger partial charge in [-0.3, -0.25) is 4.79 Å². The van der Waals surface area contributed by atoms with Gasteiger partial charge in [0.15, 0.2) is 11.5 Å². The van der Waals surface area contributed by atoms with E-state index in [1.54, 1.807) is 25.3 Å². The van der Waals surface area contributed by atoms with E-state index in [9.17, 15) is 4.79 Å². The average molecular weight is 291 g/mol. The summed E-state index contributed by atoms with van der Waals surface area (Å²) in [6, 6.07) is 12.8. The monoisotopic (exact) mass is 290 g/mol. The molecule has 0 aliphatic carbocycles. The van der Waals surface area contributed by atoms with E-state index in [1.165, 1.54) is 0 Å². The maximum absolute atomic E-state index is 11.2. The molecule has 0 unspecified atom stereocenters. The van der Waals surface area contributed by atoms with Crippen LogP contribution in [0.15, 0.2) is 42.5 Å². The molecule has 0 bridgehead atoms. The first-order valence-electron chi connectivity index (χ1n) is 6.17. The van der Waals surface area contributed by atoms with Crippen molar-refractivity contribution in [1.82, 2.24) is 0 Å². The van der Waals surface area contributed by atoms with Crippen LogP contribution in [-0.4, -0.2) is 12.4 Å². The van der Waals surface area contributed by atoms with Crippen LogP contribution >= 0.6 is 11.6 Å². The van der Waals surface area contributed by atoms with E-state index in [4.69, 9.17) is 21.1 Å². The zero-order chi connectivity index (χ0) is 14.5. The van der Waals surface area contributed by atoms with Crippen LogP contribution in [0.5, 0.6) is 11.5 Å². The Morgan fingerprint density at radius 1 is 1.15 bits per heavy atom. The van der Waals surface area contributed by atoms with Gasteiger partial charge in [-0.1, -0.05) is 24.3 Å². The number of carbonyl (C=O) groups excluding carboxylic acids is 1. The van der Waals surface area contributed by atoms with Crippen LogP contribution in [0, 0.1) is 6.92 Å². The summed E-state index contributed by atoms with van der Waals surface area (Å²) in [4.78, 5) is 11.2. The van der Waals surface area contributed by atoms with Crippen LogP contribution < -0.4 is 9.47 Å². The lowest BCUT2D eigenvalue weighted by Crippen LogP contribution is -2.01. The van der Waals surface area contributed by atoms with Gasteiger partial charge in [0.05, 0.1) is 7.11 Å². The first kappa shape index (κ1) is 14.4. The van der Waals surface area contributed by atoms with E-state index in [1.807, 2.05) is 31.2 Å². The molecular weight excluding hydrogens is 276 g/mol. The Hall–Kier alpha value is -2.00. The molecule has 0 aliphatic rings. The SMILES string of the molecule is COc1ccc(C(=O)Cl)cc1OCc1ccccc1C. The van der Waals surface area contributed by atoms with Crippen molar-refractivity contribution in [3.05, 3.63) is 59.2 Å². The summed E-state index contributed by atoms with van der Waals surface area (Å²) < 4.78 is 11.0. The predicted octanol–water partition coefficient (Wildman–Crippen LogP) is 3.96. The van der Waals surface area contributed by atoms with Crippen molar-refractivity contribution >= 4 is 16.8 Å². The van der Waals surface area contributed by atoms with Gasteiger partial charge in [-0.2, -0.15) is 0 Å². The summed E-state index contributed by atoms with van der Waals surface area (Å²) in [7, 11) is 1.55. The Balaban J connectivity index is 2.22. The zero-order valence-electron chi connectivity index (χ0n) is 11.4. The van der Waals surface area contributed by atoms with Crippen LogP contribution in [0.25, 0.3) is 0 Å². The molecule has 0 aliphatic heterocycles. The number of hydrogen-bond donors (Lipinski definition) is 0. The van der Waals surface area contributed by atoms with Crippen molar-refractivity contribution in [1.29, 1.82) is 0 Å². The average Bonchev–Trinajstić information content (AvgIpc) is 2.46. The minimum Gasteiger partial charge on any atom is -0.493 e. The van der Waals surface area contributed by atoms with Crippen molar-refractivity contribution < 1.29 is 14.3 Å². The fraction of sp³-hybridized carbons (Fsp3) is 0.188. The van der Waals surface area contributed by atoms with Crippen molar-refractivity contribution in [3.8, 4) is 11.5 Å². The molecule has 3 nitrogen and oxygen atoms in total. The number of rotatable bonds is 5. The van der Waals surface area contributed by atoms with Crippen molar-refractivity contribution in [3.63, 3.8) is 0 Å². The minimum atomic E-state index is -0.520. The molecule has 104 valence electrons. The van der Waals surface area contributed by atoms with Crippen molar-refractivity contribution in [2.24, 2.45) is 0 Å². The molecule has 0 saturated heterocycles. The number of carbonyl (C=O) groups is 1. The van der Waals surface area contributed by atoms with Gasteiger partial charge >= 0.3 is 0 Å². The van der Waals surface area contributed by atoms with E-state index in [0.717, 1.165) is 11.1 Å². The number of benzene rings is 2. The van der Waals surface area contributed by atoms with Gasteiger partial charge in [0.25, 0.3) is 5.24 Å². The normalized spacial score (nSPS) is 10.2. The second kappa shape index (κ2) is 6.44. The highest BCUT2D eigenvalue weighted by molar-refractivity contribution is 6.67. The predicted molar refractivity (Wildman–Crippen MR) is 78.7 cm³/mol. The van der Waals surface area contributed by atoms with Crippen LogP contribution in [0.3, 0.4) is 0 Å². The van der Waals surface area contributed by atoms with Crippen LogP contribution in [-0.2, 0) is 6.61 Å². The van der Waals surface area contributed by atoms with E-state index in [2.05, 4.69) is 0 Å². The second-order valence-electron chi connectivity index (χ2n) is 4.35. The van der Waals surface area contributed by atoms with Gasteiger partial charge in [0.2, 0.25) is 0 Å². The van der Waals surface area contributed by atoms with Crippen LogP contribution in [0.1, 0.15) is 21.5 Å². The molecule has 2 aromatic rings. The van der Waals surface area contributed by atoms with E-state index >= 15 is 0 Å². The Morgan fingerprint density at radius 2 is 1.90 bits per heavy atom. The summed E-state index contributed by atoms with van der Waals surface area (Å²) >= 11 is 5.48. The first-order valence-corrected chi connectivity index (χ1v) is 6.55.